The third kappa shape index (κ3) is 3.79. The SMILES string of the molecule is CCNCCC1CCCCc2ccc(C(C)C)nc21. The number of nitrogens with one attached hydrogen (secondary N) is 1. The Labute approximate surface area is 118 Å². The van der Waals surface area contributed by atoms with Gasteiger partial charge in [-0.05, 0) is 56.3 Å². The lowest BCUT2D eigenvalue weighted by Crippen LogP contribution is -2.18. The molecule has 0 aromatic carbocycles. The van der Waals surface area contributed by atoms with Crippen LogP contribution in [0.2, 0.25) is 0 Å². The van der Waals surface area contributed by atoms with Crippen molar-refractivity contribution in [2.45, 2.75) is 64.7 Å². The molecule has 0 bridgehead atoms. The van der Waals surface area contributed by atoms with Crippen LogP contribution in [0.5, 0.6) is 0 Å². The van der Waals surface area contributed by atoms with Gasteiger partial charge in [0.05, 0.1) is 0 Å². The fourth-order valence-electron chi connectivity index (χ4n) is 2.98. The van der Waals surface area contributed by atoms with E-state index in [1.807, 2.05) is 0 Å². The number of rotatable bonds is 5. The molecule has 1 aliphatic carbocycles. The van der Waals surface area contributed by atoms with Crippen LogP contribution in [0.4, 0.5) is 0 Å². The van der Waals surface area contributed by atoms with Crippen LogP contribution < -0.4 is 5.32 Å². The van der Waals surface area contributed by atoms with Gasteiger partial charge in [0.2, 0.25) is 0 Å². The molecule has 2 nitrogen and oxygen atoms in total. The van der Waals surface area contributed by atoms with Gasteiger partial charge in [-0.25, -0.2) is 0 Å². The number of fused-ring (bicyclic) bond motifs is 1. The van der Waals surface area contributed by atoms with E-state index in [9.17, 15) is 0 Å². The van der Waals surface area contributed by atoms with E-state index in [1.165, 1.54) is 49.1 Å². The Morgan fingerprint density at radius 3 is 2.89 bits per heavy atom. The summed E-state index contributed by atoms with van der Waals surface area (Å²) in [7, 11) is 0. The second-order valence-electron chi connectivity index (χ2n) is 6.02. The van der Waals surface area contributed by atoms with Crippen LogP contribution in [0, 0.1) is 0 Å². The molecule has 106 valence electrons. The Morgan fingerprint density at radius 2 is 2.16 bits per heavy atom. The highest BCUT2D eigenvalue weighted by Crippen LogP contribution is 2.32. The first-order valence-electron chi connectivity index (χ1n) is 7.92. The maximum Gasteiger partial charge on any atom is 0.0470 e. The number of hydrogen-bond acceptors (Lipinski definition) is 2. The number of pyridine rings is 1. The van der Waals surface area contributed by atoms with Crippen molar-refractivity contribution in [1.29, 1.82) is 0 Å². The van der Waals surface area contributed by atoms with Gasteiger partial charge in [0.15, 0.2) is 0 Å². The van der Waals surface area contributed by atoms with Crippen LogP contribution in [-0.4, -0.2) is 18.1 Å². The molecule has 1 aromatic heterocycles. The van der Waals surface area contributed by atoms with E-state index in [0.717, 1.165) is 13.1 Å². The van der Waals surface area contributed by atoms with Gasteiger partial charge in [0, 0.05) is 17.3 Å². The van der Waals surface area contributed by atoms with Crippen molar-refractivity contribution < 1.29 is 0 Å². The Balaban J connectivity index is 2.20. The van der Waals surface area contributed by atoms with E-state index in [4.69, 9.17) is 4.98 Å². The average molecular weight is 260 g/mol. The third-order valence-corrected chi connectivity index (χ3v) is 4.18. The van der Waals surface area contributed by atoms with Gasteiger partial charge in [-0.2, -0.15) is 0 Å². The molecule has 0 fully saturated rings. The van der Waals surface area contributed by atoms with Crippen LogP contribution >= 0.6 is 0 Å². The Hall–Kier alpha value is -0.890. The summed E-state index contributed by atoms with van der Waals surface area (Å²) in [6.07, 6.45) is 6.44. The summed E-state index contributed by atoms with van der Waals surface area (Å²) in [6, 6.07) is 4.57. The van der Waals surface area contributed by atoms with Gasteiger partial charge in [0.25, 0.3) is 0 Å². The number of nitrogens with zero attached hydrogens (tertiary/aromatic N) is 1. The van der Waals surface area contributed by atoms with Crippen LogP contribution in [0.25, 0.3) is 0 Å². The van der Waals surface area contributed by atoms with Crippen molar-refractivity contribution >= 4 is 0 Å². The van der Waals surface area contributed by atoms with E-state index >= 15 is 0 Å². The lowest BCUT2D eigenvalue weighted by atomic mass is 9.93. The number of aryl methyl sites for hydroxylation is 1. The minimum Gasteiger partial charge on any atom is -0.317 e. The van der Waals surface area contributed by atoms with Crippen LogP contribution in [0.1, 0.15) is 75.2 Å². The lowest BCUT2D eigenvalue weighted by Gasteiger charge is -2.18. The van der Waals surface area contributed by atoms with E-state index in [-0.39, 0.29) is 0 Å². The molecular formula is C17H28N2. The van der Waals surface area contributed by atoms with Crippen molar-refractivity contribution in [2.75, 3.05) is 13.1 Å². The Morgan fingerprint density at radius 1 is 1.32 bits per heavy atom. The van der Waals surface area contributed by atoms with Gasteiger partial charge in [-0.1, -0.05) is 33.3 Å². The largest absolute Gasteiger partial charge is 0.317 e. The molecule has 1 atom stereocenters. The van der Waals surface area contributed by atoms with Gasteiger partial charge < -0.3 is 5.32 Å². The molecule has 0 saturated carbocycles. The summed E-state index contributed by atoms with van der Waals surface area (Å²) >= 11 is 0. The zero-order valence-electron chi connectivity index (χ0n) is 12.7. The fourth-order valence-corrected chi connectivity index (χ4v) is 2.98. The molecule has 0 saturated heterocycles. The molecule has 2 rings (SSSR count). The normalized spacial score (nSPS) is 19.3. The minimum absolute atomic E-state index is 0.531. The van der Waals surface area contributed by atoms with Gasteiger partial charge in [-0.3, -0.25) is 4.98 Å². The second kappa shape index (κ2) is 7.04. The highest BCUT2D eigenvalue weighted by molar-refractivity contribution is 5.28. The smallest absolute Gasteiger partial charge is 0.0470 e. The lowest BCUT2D eigenvalue weighted by molar-refractivity contribution is 0.522. The van der Waals surface area contributed by atoms with Crippen molar-refractivity contribution in [3.05, 3.63) is 29.1 Å². The van der Waals surface area contributed by atoms with E-state index in [1.54, 1.807) is 0 Å². The highest BCUT2D eigenvalue weighted by atomic mass is 14.8. The Bertz CT molecular complexity index is 398. The Kier molecular flexibility index (Phi) is 5.38. The minimum atomic E-state index is 0.531. The van der Waals surface area contributed by atoms with Gasteiger partial charge in [0.1, 0.15) is 0 Å². The molecular weight excluding hydrogens is 232 g/mol. The molecule has 1 N–H and O–H groups in total. The molecule has 1 aromatic rings. The molecule has 1 heterocycles. The first-order valence-corrected chi connectivity index (χ1v) is 7.92. The van der Waals surface area contributed by atoms with Crippen LogP contribution in [0.3, 0.4) is 0 Å². The summed E-state index contributed by atoms with van der Waals surface area (Å²) in [6.45, 7) is 8.83. The van der Waals surface area contributed by atoms with Crippen molar-refractivity contribution in [1.82, 2.24) is 10.3 Å². The molecule has 0 aliphatic heterocycles. The second-order valence-corrected chi connectivity index (χ2v) is 6.02. The molecule has 0 spiro atoms. The van der Waals surface area contributed by atoms with Crippen LogP contribution in [-0.2, 0) is 6.42 Å². The summed E-state index contributed by atoms with van der Waals surface area (Å²) < 4.78 is 0. The first kappa shape index (κ1) is 14.5. The first-order chi connectivity index (χ1) is 9.22. The molecule has 0 radical (unpaired) electrons. The maximum atomic E-state index is 5.01. The summed E-state index contributed by atoms with van der Waals surface area (Å²) in [5, 5.41) is 3.46. The van der Waals surface area contributed by atoms with Crippen molar-refractivity contribution in [3.63, 3.8) is 0 Å². The van der Waals surface area contributed by atoms with Gasteiger partial charge >= 0.3 is 0 Å². The number of aromatic nitrogens is 1. The monoisotopic (exact) mass is 260 g/mol. The summed E-state index contributed by atoms with van der Waals surface area (Å²) in [4.78, 5) is 5.01. The third-order valence-electron chi connectivity index (χ3n) is 4.18. The molecule has 1 aliphatic rings. The van der Waals surface area contributed by atoms with E-state index in [2.05, 4.69) is 38.2 Å². The molecule has 1 unspecified atom stereocenters. The molecule has 2 heteroatoms. The predicted molar refractivity (Wildman–Crippen MR) is 81.8 cm³/mol. The standard InChI is InChI=1S/C17H28N2/c1-4-18-12-11-15-8-6-5-7-14-9-10-16(13(2)3)19-17(14)15/h9-10,13,15,18H,4-8,11-12H2,1-3H3. The summed E-state index contributed by atoms with van der Waals surface area (Å²) in [5.74, 6) is 1.19. The molecule has 0 amide bonds. The van der Waals surface area contributed by atoms with Crippen molar-refractivity contribution in [2.24, 2.45) is 0 Å². The van der Waals surface area contributed by atoms with Crippen LogP contribution in [0.15, 0.2) is 12.1 Å². The van der Waals surface area contributed by atoms with Gasteiger partial charge in [-0.15, -0.1) is 0 Å². The van der Waals surface area contributed by atoms with Crippen molar-refractivity contribution in [3.8, 4) is 0 Å². The maximum absolute atomic E-state index is 5.01. The zero-order chi connectivity index (χ0) is 13.7. The van der Waals surface area contributed by atoms with E-state index < -0.39 is 0 Å². The highest BCUT2D eigenvalue weighted by Gasteiger charge is 2.20. The zero-order valence-corrected chi connectivity index (χ0v) is 12.7. The fraction of sp³-hybridized carbons (Fsp3) is 0.706. The number of hydrogen-bond donors (Lipinski definition) is 1. The topological polar surface area (TPSA) is 24.9 Å². The summed E-state index contributed by atoms with van der Waals surface area (Å²) in [5.41, 5.74) is 4.17. The molecule has 19 heavy (non-hydrogen) atoms. The predicted octanol–water partition coefficient (Wildman–Crippen LogP) is 4.01. The van der Waals surface area contributed by atoms with E-state index in [0.29, 0.717) is 11.8 Å². The average Bonchev–Trinajstić information content (AvgIpc) is 2.61. The quantitative estimate of drug-likeness (QED) is 0.639.